The number of halogens is 3. The minimum atomic E-state index is -0.273. The zero-order chi connectivity index (χ0) is 14.0. The summed E-state index contributed by atoms with van der Waals surface area (Å²) in [5.41, 5.74) is 2.44. The Kier molecular flexibility index (Phi) is 4.62. The maximum absolute atomic E-state index is 13.7. The quantitative estimate of drug-likeness (QED) is 0.833. The number of rotatable bonds is 4. The molecule has 3 nitrogen and oxygen atoms in total. The lowest BCUT2D eigenvalue weighted by Gasteiger charge is -2.10. The lowest BCUT2D eigenvalue weighted by molar-refractivity contribution is 0.615. The molecule has 6 heteroatoms. The van der Waals surface area contributed by atoms with Crippen molar-refractivity contribution in [1.29, 1.82) is 0 Å². The van der Waals surface area contributed by atoms with Gasteiger partial charge in [-0.1, -0.05) is 15.9 Å². The van der Waals surface area contributed by atoms with Crippen LogP contribution in [0.2, 0.25) is 0 Å². The number of aromatic nitrogens is 2. The Morgan fingerprint density at radius 3 is 2.74 bits per heavy atom. The highest BCUT2D eigenvalue weighted by atomic mass is 79.9. The molecule has 0 unspecified atom stereocenters. The lowest BCUT2D eigenvalue weighted by Crippen LogP contribution is -2.09. The lowest BCUT2D eigenvalue weighted by atomic mass is 10.3. The van der Waals surface area contributed by atoms with E-state index in [2.05, 4.69) is 42.3 Å². The van der Waals surface area contributed by atoms with Crippen molar-refractivity contribution in [3.05, 3.63) is 44.3 Å². The molecule has 0 aliphatic heterocycles. The standard InChI is InChI=1S/C13H14Br2FN3/c1-3-19-12(13(15)8(2)18-19)7-17-11-5-4-9(14)6-10(11)16/h4-6,17H,3,7H2,1-2H3. The van der Waals surface area contributed by atoms with Crippen molar-refractivity contribution >= 4 is 37.5 Å². The molecule has 0 amide bonds. The van der Waals surface area contributed by atoms with E-state index in [1.165, 1.54) is 6.07 Å². The van der Waals surface area contributed by atoms with Gasteiger partial charge in [-0.3, -0.25) is 4.68 Å². The molecule has 0 bridgehead atoms. The summed E-state index contributed by atoms with van der Waals surface area (Å²) in [6.07, 6.45) is 0. The zero-order valence-corrected chi connectivity index (χ0v) is 13.8. The minimum Gasteiger partial charge on any atom is -0.377 e. The van der Waals surface area contributed by atoms with Gasteiger partial charge in [0.15, 0.2) is 0 Å². The first kappa shape index (κ1) is 14.5. The summed E-state index contributed by atoms with van der Waals surface area (Å²) >= 11 is 6.76. The molecule has 102 valence electrons. The fourth-order valence-electron chi connectivity index (χ4n) is 1.85. The molecule has 0 spiro atoms. The molecular weight excluding hydrogens is 377 g/mol. The van der Waals surface area contributed by atoms with Crippen molar-refractivity contribution < 1.29 is 4.39 Å². The smallest absolute Gasteiger partial charge is 0.147 e. The molecule has 0 aliphatic rings. The third-order valence-electron chi connectivity index (χ3n) is 2.83. The van der Waals surface area contributed by atoms with Crippen molar-refractivity contribution in [3.63, 3.8) is 0 Å². The van der Waals surface area contributed by atoms with Crippen LogP contribution in [-0.2, 0) is 13.1 Å². The van der Waals surface area contributed by atoms with Crippen molar-refractivity contribution in [2.24, 2.45) is 0 Å². The molecule has 1 aromatic carbocycles. The Bertz CT molecular complexity index is 596. The average molecular weight is 391 g/mol. The molecule has 1 heterocycles. The number of nitrogens with one attached hydrogen (secondary N) is 1. The molecule has 0 saturated carbocycles. The number of hydrogen-bond donors (Lipinski definition) is 1. The highest BCUT2D eigenvalue weighted by Gasteiger charge is 2.12. The van der Waals surface area contributed by atoms with Crippen LogP contribution < -0.4 is 5.32 Å². The van der Waals surface area contributed by atoms with Gasteiger partial charge in [-0.15, -0.1) is 0 Å². The van der Waals surface area contributed by atoms with E-state index in [0.717, 1.165) is 26.9 Å². The van der Waals surface area contributed by atoms with Gasteiger partial charge in [-0.05, 0) is 48.0 Å². The van der Waals surface area contributed by atoms with Gasteiger partial charge < -0.3 is 5.32 Å². The van der Waals surface area contributed by atoms with Crippen LogP contribution in [0.4, 0.5) is 10.1 Å². The first-order valence-electron chi connectivity index (χ1n) is 5.93. The Morgan fingerprint density at radius 1 is 1.37 bits per heavy atom. The Hall–Kier alpha value is -0.880. The molecule has 19 heavy (non-hydrogen) atoms. The van der Waals surface area contributed by atoms with Crippen LogP contribution in [0.5, 0.6) is 0 Å². The number of anilines is 1. The second-order valence-electron chi connectivity index (χ2n) is 4.14. The first-order valence-corrected chi connectivity index (χ1v) is 7.52. The summed E-state index contributed by atoms with van der Waals surface area (Å²) in [5.74, 6) is -0.273. The first-order chi connectivity index (χ1) is 9.02. The highest BCUT2D eigenvalue weighted by Crippen LogP contribution is 2.24. The molecule has 1 N–H and O–H groups in total. The summed E-state index contributed by atoms with van der Waals surface area (Å²) in [4.78, 5) is 0. The molecule has 2 rings (SSSR count). The molecule has 1 aromatic heterocycles. The molecule has 2 aromatic rings. The highest BCUT2D eigenvalue weighted by molar-refractivity contribution is 9.10. The molecule has 0 fully saturated rings. The normalized spacial score (nSPS) is 10.8. The summed E-state index contributed by atoms with van der Waals surface area (Å²) in [5, 5.41) is 7.50. The topological polar surface area (TPSA) is 29.9 Å². The largest absolute Gasteiger partial charge is 0.377 e. The van der Waals surface area contributed by atoms with Gasteiger partial charge in [0, 0.05) is 11.0 Å². The summed E-state index contributed by atoms with van der Waals surface area (Å²) in [6.45, 7) is 5.28. The van der Waals surface area contributed by atoms with Gasteiger partial charge in [-0.2, -0.15) is 5.10 Å². The number of aryl methyl sites for hydroxylation is 2. The van der Waals surface area contributed by atoms with E-state index in [0.29, 0.717) is 12.2 Å². The molecule has 0 radical (unpaired) electrons. The molecule has 0 aliphatic carbocycles. The van der Waals surface area contributed by atoms with E-state index in [4.69, 9.17) is 0 Å². The second-order valence-corrected chi connectivity index (χ2v) is 5.85. The Morgan fingerprint density at radius 2 is 2.11 bits per heavy atom. The number of nitrogens with zero attached hydrogens (tertiary/aromatic N) is 2. The fraction of sp³-hybridized carbons (Fsp3) is 0.308. The number of benzene rings is 1. The Balaban J connectivity index is 2.18. The average Bonchev–Trinajstić information content (AvgIpc) is 2.65. The minimum absolute atomic E-state index is 0.273. The fourth-order valence-corrected chi connectivity index (χ4v) is 2.61. The molecule has 0 saturated heterocycles. The van der Waals surface area contributed by atoms with Crippen LogP contribution in [0.3, 0.4) is 0 Å². The Labute approximate surface area is 128 Å². The van der Waals surface area contributed by atoms with Gasteiger partial charge in [0.1, 0.15) is 5.82 Å². The van der Waals surface area contributed by atoms with Crippen LogP contribution in [0.1, 0.15) is 18.3 Å². The molecule has 0 atom stereocenters. The third kappa shape index (κ3) is 3.17. The van der Waals surface area contributed by atoms with Crippen LogP contribution in [0.15, 0.2) is 27.1 Å². The number of hydrogen-bond acceptors (Lipinski definition) is 2. The zero-order valence-electron chi connectivity index (χ0n) is 10.7. The van der Waals surface area contributed by atoms with Crippen LogP contribution >= 0.6 is 31.9 Å². The SMILES string of the molecule is CCn1nc(C)c(Br)c1CNc1ccc(Br)cc1F. The van der Waals surface area contributed by atoms with E-state index >= 15 is 0 Å². The second kappa shape index (κ2) is 6.05. The van der Waals surface area contributed by atoms with Crippen LogP contribution in [0, 0.1) is 12.7 Å². The predicted octanol–water partition coefficient (Wildman–Crippen LogP) is 4.49. The molecular formula is C13H14Br2FN3. The van der Waals surface area contributed by atoms with Gasteiger partial charge in [0.05, 0.1) is 28.1 Å². The maximum atomic E-state index is 13.7. The summed E-state index contributed by atoms with van der Waals surface area (Å²) < 4.78 is 17.3. The van der Waals surface area contributed by atoms with Gasteiger partial charge in [0.2, 0.25) is 0 Å². The van der Waals surface area contributed by atoms with Crippen molar-refractivity contribution in [2.75, 3.05) is 5.32 Å². The van der Waals surface area contributed by atoms with Gasteiger partial charge in [0.25, 0.3) is 0 Å². The van der Waals surface area contributed by atoms with E-state index < -0.39 is 0 Å². The maximum Gasteiger partial charge on any atom is 0.147 e. The monoisotopic (exact) mass is 389 g/mol. The van der Waals surface area contributed by atoms with E-state index in [9.17, 15) is 4.39 Å². The van der Waals surface area contributed by atoms with Crippen LogP contribution in [0.25, 0.3) is 0 Å². The third-order valence-corrected chi connectivity index (χ3v) is 4.36. The van der Waals surface area contributed by atoms with E-state index in [-0.39, 0.29) is 5.82 Å². The summed E-state index contributed by atoms with van der Waals surface area (Å²) in [7, 11) is 0. The van der Waals surface area contributed by atoms with E-state index in [1.807, 2.05) is 24.6 Å². The van der Waals surface area contributed by atoms with Crippen molar-refractivity contribution in [1.82, 2.24) is 9.78 Å². The van der Waals surface area contributed by atoms with Crippen molar-refractivity contribution in [2.45, 2.75) is 26.9 Å². The van der Waals surface area contributed by atoms with Crippen LogP contribution in [-0.4, -0.2) is 9.78 Å². The predicted molar refractivity (Wildman–Crippen MR) is 81.8 cm³/mol. The van der Waals surface area contributed by atoms with E-state index in [1.54, 1.807) is 6.07 Å². The van der Waals surface area contributed by atoms with Crippen molar-refractivity contribution in [3.8, 4) is 0 Å². The summed E-state index contributed by atoms with van der Waals surface area (Å²) in [6, 6.07) is 4.97. The van der Waals surface area contributed by atoms with Gasteiger partial charge >= 0.3 is 0 Å². The van der Waals surface area contributed by atoms with Gasteiger partial charge in [-0.25, -0.2) is 4.39 Å².